The van der Waals surface area contributed by atoms with Crippen LogP contribution in [0.25, 0.3) is 33.3 Å². The molecule has 8 rings (SSSR count). The number of pyridine rings is 1. The van der Waals surface area contributed by atoms with E-state index in [1.807, 2.05) is 46.0 Å². The maximum atomic E-state index is 14.7. The van der Waals surface area contributed by atoms with Crippen molar-refractivity contribution in [2.75, 3.05) is 66.8 Å². The first-order chi connectivity index (χ1) is 33.1. The van der Waals surface area contributed by atoms with Gasteiger partial charge in [-0.25, -0.2) is 5.43 Å². The fourth-order valence-corrected chi connectivity index (χ4v) is 9.85. The van der Waals surface area contributed by atoms with Crippen molar-refractivity contribution in [3.63, 3.8) is 0 Å². The Morgan fingerprint density at radius 3 is 2.59 bits per heavy atom. The predicted molar refractivity (Wildman–Crippen MR) is 263 cm³/mol. The molecule has 69 heavy (non-hydrogen) atoms. The summed E-state index contributed by atoms with van der Waals surface area (Å²) in [5.74, 6) is 3.78. The number of hydrogen-bond donors (Lipinski definition) is 2. The zero-order chi connectivity index (χ0) is 49.0. The SMILES string of the molecule is CCn1c(-c2cccnc2C(C)OC)c2c3cc(ccc31)-c1cccc(c1)C[C@H](NC(=O)[C@@H](COC1CN(C(=O)C#C[C@H]3COCCN3C)C1)C(C)C)C(=O)N1CCC[C@H](N1)C(=O)OCC(C)(C)C2. The van der Waals surface area contributed by atoms with Crippen molar-refractivity contribution in [2.24, 2.45) is 17.3 Å². The van der Waals surface area contributed by atoms with Crippen molar-refractivity contribution in [1.82, 2.24) is 35.1 Å². The number of cyclic esters (lactones) is 1. The van der Waals surface area contributed by atoms with Crippen LogP contribution in [0.3, 0.4) is 0 Å². The van der Waals surface area contributed by atoms with E-state index in [0.29, 0.717) is 58.7 Å². The van der Waals surface area contributed by atoms with Crippen molar-refractivity contribution in [1.29, 1.82) is 0 Å². The molecule has 15 heteroatoms. The average molecular weight is 944 g/mol. The van der Waals surface area contributed by atoms with Gasteiger partial charge >= 0.3 is 5.97 Å². The number of fused-ring (bicyclic) bond motifs is 6. The summed E-state index contributed by atoms with van der Waals surface area (Å²) in [4.78, 5) is 64.4. The Hall–Kier alpha value is -5.63. The van der Waals surface area contributed by atoms with Crippen LogP contribution in [0.4, 0.5) is 0 Å². The van der Waals surface area contributed by atoms with E-state index in [-0.39, 0.29) is 61.5 Å². The van der Waals surface area contributed by atoms with Crippen LogP contribution in [0, 0.1) is 29.1 Å². The maximum Gasteiger partial charge on any atom is 0.324 e. The van der Waals surface area contributed by atoms with Gasteiger partial charge < -0.3 is 33.7 Å². The van der Waals surface area contributed by atoms with E-state index in [4.69, 9.17) is 23.9 Å². The highest BCUT2D eigenvalue weighted by molar-refractivity contribution is 5.96. The smallest absolute Gasteiger partial charge is 0.324 e. The van der Waals surface area contributed by atoms with Crippen LogP contribution in [0.15, 0.2) is 60.8 Å². The van der Waals surface area contributed by atoms with Gasteiger partial charge in [-0.1, -0.05) is 63.9 Å². The van der Waals surface area contributed by atoms with Gasteiger partial charge in [0.25, 0.3) is 11.8 Å². The quantitative estimate of drug-likeness (QED) is 0.151. The Morgan fingerprint density at radius 2 is 1.84 bits per heavy atom. The second-order valence-corrected chi connectivity index (χ2v) is 20.2. The standard InChI is InChI=1S/C54H69N7O8/c1-9-60-47-19-17-38-27-42(47)43(50(60)41-15-11-21-55-49(41)35(4)66-8)28-54(5,6)33-69-53(65)45-16-12-22-61(57-45)52(64)46(26-36-13-10-14-37(38)25-36)56-51(63)44(34(2)3)32-68-40-29-59(30-40)48(62)20-18-39-31-67-24-23-58(39)7/h10-11,13-15,17,19,21,25,27,34-35,39-40,44-46,57H,9,12,16,22-24,26,28-33H2,1-8H3,(H,56,63)/t35?,39-,44-,45-,46-/m0/s1. The zero-order valence-corrected chi connectivity index (χ0v) is 41.5. The van der Waals surface area contributed by atoms with Crippen molar-refractivity contribution in [2.45, 2.75) is 104 Å². The molecule has 5 atom stereocenters. The third kappa shape index (κ3) is 11.2. The number of esters is 1. The van der Waals surface area contributed by atoms with E-state index in [0.717, 1.165) is 56.7 Å². The Kier molecular flexibility index (Phi) is 15.6. The lowest BCUT2D eigenvalue weighted by Crippen LogP contribution is -2.61. The molecule has 15 nitrogen and oxygen atoms in total. The number of aryl methyl sites for hydroxylation is 1. The van der Waals surface area contributed by atoms with E-state index in [1.54, 1.807) is 18.2 Å². The molecule has 4 aromatic rings. The number of likely N-dealkylation sites (tertiary alicyclic amines) is 1. The Morgan fingerprint density at radius 1 is 1.04 bits per heavy atom. The molecule has 0 aliphatic carbocycles. The van der Waals surface area contributed by atoms with Gasteiger partial charge in [0.15, 0.2) is 0 Å². The minimum absolute atomic E-state index is 0.117. The molecule has 1 unspecified atom stereocenters. The molecule has 6 heterocycles. The summed E-state index contributed by atoms with van der Waals surface area (Å²) in [6.07, 6.45) is 3.21. The molecule has 3 saturated heterocycles. The summed E-state index contributed by atoms with van der Waals surface area (Å²) < 4.78 is 26.1. The fourth-order valence-electron chi connectivity index (χ4n) is 9.85. The number of morpholine rings is 1. The normalized spacial score (nSPS) is 22.2. The molecule has 0 radical (unpaired) electrons. The summed E-state index contributed by atoms with van der Waals surface area (Å²) >= 11 is 0. The monoisotopic (exact) mass is 944 g/mol. The lowest BCUT2D eigenvalue weighted by Gasteiger charge is -2.38. The van der Waals surface area contributed by atoms with Crippen LogP contribution in [-0.2, 0) is 57.5 Å². The predicted octanol–water partition coefficient (Wildman–Crippen LogP) is 5.58. The van der Waals surface area contributed by atoms with Gasteiger partial charge in [-0.2, -0.15) is 0 Å². The number of nitrogens with zero attached hydrogens (tertiary/aromatic N) is 5. The average Bonchev–Trinajstić information content (AvgIpc) is 3.63. The third-order valence-corrected chi connectivity index (χ3v) is 14.2. The van der Waals surface area contributed by atoms with Gasteiger partial charge in [0, 0.05) is 74.3 Å². The molecule has 368 valence electrons. The van der Waals surface area contributed by atoms with E-state index in [9.17, 15) is 19.2 Å². The molecule has 0 spiro atoms. The van der Waals surface area contributed by atoms with Gasteiger partial charge in [0.05, 0.1) is 62.0 Å². The van der Waals surface area contributed by atoms with Crippen molar-refractivity contribution in [3.8, 4) is 34.2 Å². The number of methoxy groups -OCH3 is 1. The first kappa shape index (κ1) is 49.8. The van der Waals surface area contributed by atoms with Gasteiger partial charge in [-0.15, -0.1) is 0 Å². The van der Waals surface area contributed by atoms with Crippen molar-refractivity contribution >= 4 is 34.6 Å². The largest absolute Gasteiger partial charge is 0.464 e. The van der Waals surface area contributed by atoms with E-state index in [1.165, 1.54) is 5.01 Å². The first-order valence-corrected chi connectivity index (χ1v) is 24.6. The highest BCUT2D eigenvalue weighted by atomic mass is 16.5. The molecule has 2 N–H and O–H groups in total. The van der Waals surface area contributed by atoms with Crippen LogP contribution in [0.1, 0.15) is 77.3 Å². The van der Waals surface area contributed by atoms with Gasteiger partial charge in [-0.05, 0) is 98.5 Å². The van der Waals surface area contributed by atoms with Crippen molar-refractivity contribution in [3.05, 3.63) is 77.6 Å². The number of ether oxygens (including phenoxy) is 4. The molecule has 6 bridgehead atoms. The fraction of sp³-hybridized carbons (Fsp3) is 0.537. The summed E-state index contributed by atoms with van der Waals surface area (Å²) in [5.41, 5.74) is 10.7. The van der Waals surface area contributed by atoms with Crippen molar-refractivity contribution < 1.29 is 38.1 Å². The van der Waals surface area contributed by atoms with E-state index in [2.05, 4.69) is 89.2 Å². The number of aromatic nitrogens is 2. The molecule has 4 aliphatic rings. The number of hydrazine groups is 1. The van der Waals surface area contributed by atoms with Gasteiger partial charge in [0.1, 0.15) is 12.1 Å². The van der Waals surface area contributed by atoms with Crippen LogP contribution in [0.5, 0.6) is 0 Å². The Labute approximate surface area is 406 Å². The summed E-state index contributed by atoms with van der Waals surface area (Å²) in [6, 6.07) is 17.0. The number of amides is 3. The van der Waals surface area contributed by atoms with Crippen LogP contribution in [-0.4, -0.2) is 139 Å². The van der Waals surface area contributed by atoms with E-state index < -0.39 is 29.4 Å². The molecule has 3 amide bonds. The lowest BCUT2D eigenvalue weighted by atomic mass is 9.84. The van der Waals surface area contributed by atoms with Gasteiger partial charge in [-0.3, -0.25) is 34.1 Å². The number of carbonyl (C=O) groups excluding carboxylic acids is 4. The summed E-state index contributed by atoms with van der Waals surface area (Å²) in [6.45, 7) is 16.3. The number of benzene rings is 2. The molecule has 3 fully saturated rings. The number of rotatable bonds is 10. The van der Waals surface area contributed by atoms with Crippen LogP contribution < -0.4 is 10.7 Å². The molecule has 2 aromatic heterocycles. The molecular weight excluding hydrogens is 875 g/mol. The Balaban J connectivity index is 1.08. The second-order valence-electron chi connectivity index (χ2n) is 20.2. The molecule has 0 saturated carbocycles. The number of nitrogens with one attached hydrogen (secondary N) is 2. The lowest BCUT2D eigenvalue weighted by molar-refractivity contribution is -0.155. The topological polar surface area (TPSA) is 157 Å². The minimum Gasteiger partial charge on any atom is -0.464 e. The summed E-state index contributed by atoms with van der Waals surface area (Å²) in [5, 5.41) is 5.70. The van der Waals surface area contributed by atoms with E-state index >= 15 is 0 Å². The number of carbonyl (C=O) groups is 4. The van der Waals surface area contributed by atoms with Crippen LogP contribution >= 0.6 is 0 Å². The zero-order valence-electron chi connectivity index (χ0n) is 41.5. The first-order valence-electron chi connectivity index (χ1n) is 24.6. The summed E-state index contributed by atoms with van der Waals surface area (Å²) in [7, 11) is 3.67. The minimum atomic E-state index is -0.962. The second kappa shape index (κ2) is 21.6. The maximum absolute atomic E-state index is 14.7. The molecule has 2 aromatic carbocycles. The van der Waals surface area contributed by atoms with Gasteiger partial charge in [0.2, 0.25) is 5.91 Å². The Bertz CT molecular complexity index is 2590. The number of likely N-dealkylation sites (N-methyl/N-ethyl adjacent to an activating group) is 1. The highest BCUT2D eigenvalue weighted by Gasteiger charge is 2.38. The molecular formula is C54H69N7O8. The number of hydrogen-bond acceptors (Lipinski definition) is 11. The highest BCUT2D eigenvalue weighted by Crippen LogP contribution is 2.42. The van der Waals surface area contributed by atoms with Crippen LogP contribution in [0.2, 0.25) is 0 Å². The third-order valence-electron chi connectivity index (χ3n) is 14.2. The molecule has 4 aliphatic heterocycles.